The van der Waals surface area contributed by atoms with Crippen LogP contribution in [-0.2, 0) is 12.8 Å². The van der Waals surface area contributed by atoms with Crippen LogP contribution in [0.3, 0.4) is 0 Å². The highest BCUT2D eigenvalue weighted by Gasteiger charge is 2.26. The summed E-state index contributed by atoms with van der Waals surface area (Å²) in [6.45, 7) is 0. The lowest BCUT2D eigenvalue weighted by Gasteiger charge is -2.08. The predicted molar refractivity (Wildman–Crippen MR) is 74.1 cm³/mol. The van der Waals surface area contributed by atoms with Crippen LogP contribution in [0.1, 0.15) is 28.2 Å². The van der Waals surface area contributed by atoms with Gasteiger partial charge in [-0.15, -0.1) is 0 Å². The molecule has 0 amide bonds. The standard InChI is InChI=1S/C14H13ClN2O3/c1-20-12-6-5-8(7-10(12)15)17-11-4-2-3-9(11)13(16-17)14(18)19/h5-7H,2-4H2,1H3,(H,18,19). The fourth-order valence-corrected chi connectivity index (χ4v) is 2.86. The van der Waals surface area contributed by atoms with Crippen molar-refractivity contribution in [2.45, 2.75) is 19.3 Å². The summed E-state index contributed by atoms with van der Waals surface area (Å²) in [5.74, 6) is -0.404. The molecular weight excluding hydrogens is 280 g/mol. The Labute approximate surface area is 120 Å². The number of nitrogens with zero attached hydrogens (tertiary/aromatic N) is 2. The maximum absolute atomic E-state index is 11.3. The van der Waals surface area contributed by atoms with Gasteiger partial charge in [0.05, 0.1) is 17.8 Å². The lowest BCUT2D eigenvalue weighted by molar-refractivity contribution is 0.0689. The van der Waals surface area contributed by atoms with Crippen LogP contribution >= 0.6 is 11.6 Å². The van der Waals surface area contributed by atoms with Gasteiger partial charge in [-0.3, -0.25) is 0 Å². The normalized spacial score (nSPS) is 13.3. The number of aromatic nitrogens is 2. The lowest BCUT2D eigenvalue weighted by atomic mass is 10.2. The lowest BCUT2D eigenvalue weighted by Crippen LogP contribution is -2.04. The van der Waals surface area contributed by atoms with E-state index in [0.717, 1.165) is 36.2 Å². The highest BCUT2D eigenvalue weighted by atomic mass is 35.5. The van der Waals surface area contributed by atoms with Crippen molar-refractivity contribution in [3.63, 3.8) is 0 Å². The zero-order valence-electron chi connectivity index (χ0n) is 10.9. The first-order chi connectivity index (χ1) is 9.61. The number of carbonyl (C=O) groups is 1. The molecule has 5 nitrogen and oxygen atoms in total. The molecule has 0 bridgehead atoms. The summed E-state index contributed by atoms with van der Waals surface area (Å²) in [5.41, 5.74) is 2.69. The van der Waals surface area contributed by atoms with Gasteiger partial charge in [0.15, 0.2) is 5.69 Å². The Bertz CT molecular complexity index is 694. The highest BCUT2D eigenvalue weighted by Crippen LogP contribution is 2.31. The number of rotatable bonds is 3. The first-order valence-electron chi connectivity index (χ1n) is 6.30. The molecule has 0 radical (unpaired) electrons. The highest BCUT2D eigenvalue weighted by molar-refractivity contribution is 6.32. The summed E-state index contributed by atoms with van der Waals surface area (Å²) >= 11 is 6.12. The van der Waals surface area contributed by atoms with Crippen LogP contribution in [0.5, 0.6) is 5.75 Å². The molecule has 2 aromatic rings. The number of fused-ring (bicyclic) bond motifs is 1. The van der Waals surface area contributed by atoms with Crippen molar-refractivity contribution >= 4 is 17.6 Å². The van der Waals surface area contributed by atoms with Gasteiger partial charge in [-0.05, 0) is 37.5 Å². The molecule has 3 rings (SSSR count). The van der Waals surface area contributed by atoms with Crippen molar-refractivity contribution < 1.29 is 14.6 Å². The summed E-state index contributed by atoms with van der Waals surface area (Å²) in [6.07, 6.45) is 2.55. The van der Waals surface area contributed by atoms with Crippen molar-refractivity contribution in [2.24, 2.45) is 0 Å². The molecule has 0 saturated carbocycles. The number of carboxylic acid groups (broad SMARTS) is 1. The van der Waals surface area contributed by atoms with Crippen molar-refractivity contribution in [3.05, 3.63) is 40.2 Å². The summed E-state index contributed by atoms with van der Waals surface area (Å²) in [6, 6.07) is 5.31. The molecule has 0 unspecified atom stereocenters. The first kappa shape index (κ1) is 13.0. The maximum atomic E-state index is 11.3. The molecule has 1 aliphatic rings. The van der Waals surface area contributed by atoms with Crippen LogP contribution < -0.4 is 4.74 Å². The number of ether oxygens (including phenoxy) is 1. The maximum Gasteiger partial charge on any atom is 0.356 e. The Morgan fingerprint density at radius 1 is 1.45 bits per heavy atom. The molecule has 1 aromatic carbocycles. The number of hydrogen-bond donors (Lipinski definition) is 1. The monoisotopic (exact) mass is 292 g/mol. The van der Waals surface area contributed by atoms with Crippen LogP contribution in [0.4, 0.5) is 0 Å². The van der Waals surface area contributed by atoms with Gasteiger partial charge in [-0.2, -0.15) is 5.10 Å². The van der Waals surface area contributed by atoms with E-state index in [2.05, 4.69) is 5.10 Å². The van der Waals surface area contributed by atoms with Gasteiger partial charge in [0.1, 0.15) is 5.75 Å². The molecule has 6 heteroatoms. The average molecular weight is 293 g/mol. The van der Waals surface area contributed by atoms with Crippen molar-refractivity contribution in [1.29, 1.82) is 0 Å². The third-order valence-electron chi connectivity index (χ3n) is 3.51. The van der Waals surface area contributed by atoms with Gasteiger partial charge < -0.3 is 9.84 Å². The van der Waals surface area contributed by atoms with E-state index in [4.69, 9.17) is 16.3 Å². The molecular formula is C14H13ClN2O3. The smallest absolute Gasteiger partial charge is 0.356 e. The molecule has 1 N–H and O–H groups in total. The Balaban J connectivity index is 2.13. The van der Waals surface area contributed by atoms with E-state index in [-0.39, 0.29) is 5.69 Å². The number of aromatic carboxylic acids is 1. The Kier molecular flexibility index (Phi) is 3.14. The van der Waals surface area contributed by atoms with Crippen LogP contribution in [0.2, 0.25) is 5.02 Å². The molecule has 1 heterocycles. The topological polar surface area (TPSA) is 64.4 Å². The van der Waals surface area contributed by atoms with Gasteiger partial charge in [0.25, 0.3) is 0 Å². The second-order valence-electron chi connectivity index (χ2n) is 4.66. The Morgan fingerprint density at radius 3 is 2.90 bits per heavy atom. The number of methoxy groups -OCH3 is 1. The van der Waals surface area contributed by atoms with E-state index < -0.39 is 5.97 Å². The van der Waals surface area contributed by atoms with E-state index in [0.29, 0.717) is 10.8 Å². The molecule has 0 fully saturated rings. The van der Waals surface area contributed by atoms with Gasteiger partial charge >= 0.3 is 5.97 Å². The van der Waals surface area contributed by atoms with E-state index in [1.807, 2.05) is 6.07 Å². The average Bonchev–Trinajstić information content (AvgIpc) is 2.99. The van der Waals surface area contributed by atoms with Gasteiger partial charge in [-0.1, -0.05) is 11.6 Å². The largest absolute Gasteiger partial charge is 0.495 e. The zero-order valence-corrected chi connectivity index (χ0v) is 11.6. The first-order valence-corrected chi connectivity index (χ1v) is 6.67. The molecule has 1 aromatic heterocycles. The summed E-state index contributed by atoms with van der Waals surface area (Å²) in [5, 5.41) is 13.9. The van der Waals surface area contributed by atoms with E-state index in [1.54, 1.807) is 23.9 Å². The molecule has 0 spiro atoms. The van der Waals surface area contributed by atoms with Crippen LogP contribution in [0.15, 0.2) is 18.2 Å². The second-order valence-corrected chi connectivity index (χ2v) is 5.07. The Morgan fingerprint density at radius 2 is 2.25 bits per heavy atom. The second kappa shape index (κ2) is 4.83. The molecule has 1 aliphatic carbocycles. The number of benzene rings is 1. The SMILES string of the molecule is COc1ccc(-n2nc(C(=O)O)c3c2CCC3)cc1Cl. The van der Waals surface area contributed by atoms with Gasteiger partial charge in [-0.25, -0.2) is 9.48 Å². The van der Waals surface area contributed by atoms with Crippen LogP contribution in [0.25, 0.3) is 5.69 Å². The number of carboxylic acids is 1. The zero-order chi connectivity index (χ0) is 14.3. The fourth-order valence-electron chi connectivity index (χ4n) is 2.61. The third-order valence-corrected chi connectivity index (χ3v) is 3.81. The minimum Gasteiger partial charge on any atom is -0.495 e. The molecule has 0 saturated heterocycles. The molecule has 104 valence electrons. The molecule has 0 atom stereocenters. The fraction of sp³-hybridized carbons (Fsp3) is 0.286. The van der Waals surface area contributed by atoms with E-state index >= 15 is 0 Å². The van der Waals surface area contributed by atoms with Gasteiger partial charge in [0, 0.05) is 11.3 Å². The molecule has 20 heavy (non-hydrogen) atoms. The summed E-state index contributed by atoms with van der Waals surface area (Å²) in [7, 11) is 1.55. The van der Waals surface area contributed by atoms with Crippen LogP contribution in [0, 0.1) is 0 Å². The third kappa shape index (κ3) is 1.94. The van der Waals surface area contributed by atoms with E-state index in [1.165, 1.54) is 0 Å². The summed E-state index contributed by atoms with van der Waals surface area (Å²) in [4.78, 5) is 11.3. The summed E-state index contributed by atoms with van der Waals surface area (Å²) < 4.78 is 6.79. The van der Waals surface area contributed by atoms with Crippen molar-refractivity contribution in [3.8, 4) is 11.4 Å². The Hall–Kier alpha value is -2.01. The van der Waals surface area contributed by atoms with Crippen molar-refractivity contribution in [2.75, 3.05) is 7.11 Å². The minimum atomic E-state index is -0.985. The number of halogens is 1. The minimum absolute atomic E-state index is 0.143. The number of hydrogen-bond acceptors (Lipinski definition) is 3. The van der Waals surface area contributed by atoms with Gasteiger partial charge in [0.2, 0.25) is 0 Å². The van der Waals surface area contributed by atoms with Crippen molar-refractivity contribution in [1.82, 2.24) is 9.78 Å². The van der Waals surface area contributed by atoms with E-state index in [9.17, 15) is 9.90 Å². The van der Waals surface area contributed by atoms with Crippen LogP contribution in [-0.4, -0.2) is 28.0 Å². The molecule has 0 aliphatic heterocycles. The predicted octanol–water partition coefficient (Wildman–Crippen LogP) is 2.72. The quantitative estimate of drug-likeness (QED) is 0.945.